The lowest BCUT2D eigenvalue weighted by Gasteiger charge is -2.33. The minimum absolute atomic E-state index is 0.500. The van der Waals surface area contributed by atoms with Crippen molar-refractivity contribution in [1.29, 1.82) is 0 Å². The van der Waals surface area contributed by atoms with Crippen molar-refractivity contribution in [3.05, 3.63) is 71.8 Å². The summed E-state index contributed by atoms with van der Waals surface area (Å²) in [6, 6.07) is 22.3. The molecule has 4 heteroatoms. The van der Waals surface area contributed by atoms with Crippen molar-refractivity contribution in [2.75, 3.05) is 46.3 Å². The van der Waals surface area contributed by atoms with Crippen LogP contribution in [0, 0.1) is 0 Å². The standard InChI is InChI=1S/C11H16N2.C10H14N2/c1-13-8-7-12-9-11(13)10-5-3-2-4-6-10;1-2-4-9(5-3-1)10-8-11-6-7-12-10/h2-6,11-12H,7-9H2,1H3;1-5,10-12H,6-8H2. The van der Waals surface area contributed by atoms with Gasteiger partial charge in [0, 0.05) is 51.4 Å². The zero-order valence-corrected chi connectivity index (χ0v) is 15.1. The van der Waals surface area contributed by atoms with Gasteiger partial charge in [-0.1, -0.05) is 60.7 Å². The van der Waals surface area contributed by atoms with Gasteiger partial charge in [-0.05, 0) is 18.2 Å². The number of benzene rings is 2. The summed E-state index contributed by atoms with van der Waals surface area (Å²) in [5.41, 5.74) is 2.79. The zero-order valence-electron chi connectivity index (χ0n) is 15.1. The van der Waals surface area contributed by atoms with Crippen LogP contribution in [0.25, 0.3) is 0 Å². The molecule has 2 atom stereocenters. The van der Waals surface area contributed by atoms with E-state index in [0.29, 0.717) is 12.1 Å². The second-order valence-corrected chi connectivity index (χ2v) is 6.73. The molecule has 0 radical (unpaired) electrons. The van der Waals surface area contributed by atoms with E-state index in [-0.39, 0.29) is 0 Å². The first-order valence-corrected chi connectivity index (χ1v) is 9.29. The molecule has 2 aromatic rings. The Balaban J connectivity index is 0.000000146. The van der Waals surface area contributed by atoms with Gasteiger partial charge in [-0.3, -0.25) is 4.90 Å². The van der Waals surface area contributed by atoms with Crippen LogP contribution < -0.4 is 16.0 Å². The SMILES string of the molecule is CN1CCNCC1c1ccccc1.c1ccc(C2CNCCN2)cc1. The number of hydrogen-bond acceptors (Lipinski definition) is 4. The molecule has 2 aliphatic rings. The summed E-state index contributed by atoms with van der Waals surface area (Å²) in [5, 5.41) is 10.3. The summed E-state index contributed by atoms with van der Waals surface area (Å²) in [7, 11) is 2.19. The van der Waals surface area contributed by atoms with E-state index in [1.54, 1.807) is 0 Å². The molecule has 2 unspecified atom stereocenters. The smallest absolute Gasteiger partial charge is 0.0470 e. The highest BCUT2D eigenvalue weighted by molar-refractivity contribution is 5.20. The molecule has 2 aliphatic heterocycles. The van der Waals surface area contributed by atoms with Crippen LogP contribution in [0.3, 0.4) is 0 Å². The Kier molecular flexibility index (Phi) is 7.00. The Morgan fingerprint density at radius 2 is 1.40 bits per heavy atom. The molecule has 4 nitrogen and oxygen atoms in total. The van der Waals surface area contributed by atoms with Crippen molar-refractivity contribution in [2.24, 2.45) is 0 Å². The van der Waals surface area contributed by atoms with Gasteiger partial charge in [0.15, 0.2) is 0 Å². The lowest BCUT2D eigenvalue weighted by molar-refractivity contribution is 0.202. The monoisotopic (exact) mass is 338 g/mol. The highest BCUT2D eigenvalue weighted by atomic mass is 15.2. The number of nitrogens with one attached hydrogen (secondary N) is 3. The lowest BCUT2D eigenvalue weighted by atomic mass is 10.0. The molecular weight excluding hydrogens is 308 g/mol. The predicted octanol–water partition coefficient (Wildman–Crippen LogP) is 2.18. The van der Waals surface area contributed by atoms with Gasteiger partial charge in [-0.25, -0.2) is 0 Å². The van der Waals surface area contributed by atoms with E-state index in [0.717, 1.165) is 39.3 Å². The molecule has 0 aromatic heterocycles. The third kappa shape index (κ3) is 5.38. The quantitative estimate of drug-likeness (QED) is 0.785. The topological polar surface area (TPSA) is 39.3 Å². The van der Waals surface area contributed by atoms with Gasteiger partial charge in [0.05, 0.1) is 0 Å². The number of piperazine rings is 2. The second-order valence-electron chi connectivity index (χ2n) is 6.73. The highest BCUT2D eigenvalue weighted by Gasteiger charge is 2.19. The van der Waals surface area contributed by atoms with Crippen LogP contribution in [0.4, 0.5) is 0 Å². The largest absolute Gasteiger partial charge is 0.314 e. The van der Waals surface area contributed by atoms with Gasteiger partial charge in [0.25, 0.3) is 0 Å². The summed E-state index contributed by atoms with van der Waals surface area (Å²) in [6.45, 7) is 6.52. The number of hydrogen-bond donors (Lipinski definition) is 3. The number of rotatable bonds is 2. The second kappa shape index (κ2) is 9.68. The fourth-order valence-corrected chi connectivity index (χ4v) is 3.43. The van der Waals surface area contributed by atoms with Crippen LogP contribution in [-0.2, 0) is 0 Å². The maximum Gasteiger partial charge on any atom is 0.0470 e. The normalized spacial score (nSPS) is 24.2. The lowest BCUT2D eigenvalue weighted by Crippen LogP contribution is -2.43. The van der Waals surface area contributed by atoms with Gasteiger partial charge in [0.2, 0.25) is 0 Å². The van der Waals surface area contributed by atoms with Crippen LogP contribution in [-0.4, -0.2) is 51.2 Å². The van der Waals surface area contributed by atoms with Gasteiger partial charge in [-0.2, -0.15) is 0 Å². The Hall–Kier alpha value is -1.72. The average molecular weight is 338 g/mol. The Bertz CT molecular complexity index is 596. The van der Waals surface area contributed by atoms with E-state index in [1.165, 1.54) is 11.1 Å². The van der Waals surface area contributed by atoms with Crippen molar-refractivity contribution in [3.8, 4) is 0 Å². The minimum atomic E-state index is 0.500. The van der Waals surface area contributed by atoms with Crippen molar-refractivity contribution >= 4 is 0 Å². The van der Waals surface area contributed by atoms with Gasteiger partial charge in [0.1, 0.15) is 0 Å². The molecule has 2 heterocycles. The van der Waals surface area contributed by atoms with Crippen molar-refractivity contribution in [1.82, 2.24) is 20.9 Å². The Labute approximate surface area is 151 Å². The first-order chi connectivity index (χ1) is 12.3. The fraction of sp³-hybridized carbons (Fsp3) is 0.429. The minimum Gasteiger partial charge on any atom is -0.314 e. The van der Waals surface area contributed by atoms with Gasteiger partial charge in [-0.15, -0.1) is 0 Å². The summed E-state index contributed by atoms with van der Waals surface area (Å²) in [5.74, 6) is 0. The van der Waals surface area contributed by atoms with Crippen LogP contribution >= 0.6 is 0 Å². The van der Waals surface area contributed by atoms with Crippen LogP contribution in [0.2, 0.25) is 0 Å². The Morgan fingerprint density at radius 1 is 0.760 bits per heavy atom. The van der Waals surface area contributed by atoms with E-state index in [1.807, 2.05) is 0 Å². The molecule has 25 heavy (non-hydrogen) atoms. The molecule has 3 N–H and O–H groups in total. The first-order valence-electron chi connectivity index (χ1n) is 9.29. The highest BCUT2D eigenvalue weighted by Crippen LogP contribution is 2.19. The van der Waals surface area contributed by atoms with Gasteiger partial charge >= 0.3 is 0 Å². The molecule has 0 saturated carbocycles. The molecule has 0 aliphatic carbocycles. The summed E-state index contributed by atoms with van der Waals surface area (Å²) >= 11 is 0. The van der Waals surface area contributed by atoms with Gasteiger partial charge < -0.3 is 16.0 Å². The van der Waals surface area contributed by atoms with Crippen LogP contribution in [0.15, 0.2) is 60.7 Å². The molecule has 2 fully saturated rings. The van der Waals surface area contributed by atoms with Crippen molar-refractivity contribution < 1.29 is 0 Å². The van der Waals surface area contributed by atoms with Crippen molar-refractivity contribution in [2.45, 2.75) is 12.1 Å². The summed E-state index contributed by atoms with van der Waals surface area (Å²) in [4.78, 5) is 2.41. The molecule has 0 spiro atoms. The van der Waals surface area contributed by atoms with E-state index in [9.17, 15) is 0 Å². The van der Waals surface area contributed by atoms with E-state index in [2.05, 4.69) is 88.6 Å². The maximum atomic E-state index is 3.47. The molecule has 2 aromatic carbocycles. The maximum absolute atomic E-state index is 3.47. The third-order valence-electron chi connectivity index (χ3n) is 4.94. The molecule has 4 rings (SSSR count). The van der Waals surface area contributed by atoms with Crippen molar-refractivity contribution in [3.63, 3.8) is 0 Å². The van der Waals surface area contributed by atoms with E-state index >= 15 is 0 Å². The Morgan fingerprint density at radius 3 is 2.00 bits per heavy atom. The summed E-state index contributed by atoms with van der Waals surface area (Å²) < 4.78 is 0. The molecule has 0 bridgehead atoms. The van der Waals surface area contributed by atoms with E-state index in [4.69, 9.17) is 0 Å². The van der Waals surface area contributed by atoms with Crippen LogP contribution in [0.1, 0.15) is 23.2 Å². The fourth-order valence-electron chi connectivity index (χ4n) is 3.43. The van der Waals surface area contributed by atoms with E-state index < -0.39 is 0 Å². The molecular formula is C21H30N4. The third-order valence-corrected chi connectivity index (χ3v) is 4.94. The number of nitrogens with zero attached hydrogens (tertiary/aromatic N) is 1. The predicted molar refractivity (Wildman–Crippen MR) is 105 cm³/mol. The first kappa shape index (κ1) is 18.1. The molecule has 134 valence electrons. The summed E-state index contributed by atoms with van der Waals surface area (Å²) in [6.07, 6.45) is 0. The van der Waals surface area contributed by atoms with Crippen LogP contribution in [0.5, 0.6) is 0 Å². The average Bonchev–Trinajstić information content (AvgIpc) is 2.71. The molecule has 2 saturated heterocycles. The number of likely N-dealkylation sites (N-methyl/N-ethyl adjacent to an activating group) is 1. The zero-order chi connectivity index (χ0) is 17.3. The molecule has 0 amide bonds.